The smallest absolute Gasteiger partial charge is 0.124 e. The second kappa shape index (κ2) is 6.65. The Kier molecular flexibility index (Phi) is 4.88. The average Bonchev–Trinajstić information content (AvgIpc) is 2.72. The predicted octanol–water partition coefficient (Wildman–Crippen LogP) is 4.64. The molecule has 0 saturated heterocycles. The molecule has 0 amide bonds. The van der Waals surface area contributed by atoms with Crippen LogP contribution in [0, 0.1) is 5.82 Å². The van der Waals surface area contributed by atoms with Crippen LogP contribution in [0.25, 0.3) is 10.4 Å². The van der Waals surface area contributed by atoms with Crippen molar-refractivity contribution in [2.45, 2.75) is 36.2 Å². The summed E-state index contributed by atoms with van der Waals surface area (Å²) in [6.45, 7) is 4.35. The fourth-order valence-corrected chi connectivity index (χ4v) is 3.29. The molecule has 21 heavy (non-hydrogen) atoms. The lowest BCUT2D eigenvalue weighted by atomic mass is 10.1. The lowest BCUT2D eigenvalue weighted by molar-refractivity contribution is 0.624. The Labute approximate surface area is 126 Å². The number of halogens is 1. The largest absolute Gasteiger partial charge is 0.334 e. The summed E-state index contributed by atoms with van der Waals surface area (Å²) in [4.78, 5) is 8.10. The van der Waals surface area contributed by atoms with Gasteiger partial charge < -0.3 is 4.57 Å². The minimum absolute atomic E-state index is 0.205. The van der Waals surface area contributed by atoms with Crippen LogP contribution in [0.4, 0.5) is 4.39 Å². The molecule has 0 aliphatic carbocycles. The Morgan fingerprint density at radius 1 is 1.48 bits per heavy atom. The Morgan fingerprint density at radius 2 is 2.24 bits per heavy atom. The Hall–Kier alpha value is -1.98. The van der Waals surface area contributed by atoms with Crippen LogP contribution in [0.5, 0.6) is 0 Å². The summed E-state index contributed by atoms with van der Waals surface area (Å²) < 4.78 is 15.2. The zero-order valence-electron chi connectivity index (χ0n) is 12.1. The van der Waals surface area contributed by atoms with Crippen molar-refractivity contribution in [1.29, 1.82) is 0 Å². The van der Waals surface area contributed by atoms with Crippen LogP contribution in [-0.2, 0) is 13.6 Å². The molecular weight excluding hydrogens is 289 g/mol. The zero-order valence-corrected chi connectivity index (χ0v) is 12.9. The normalized spacial score (nSPS) is 10.7. The van der Waals surface area contributed by atoms with Crippen LogP contribution in [0.2, 0.25) is 0 Å². The van der Waals surface area contributed by atoms with Crippen molar-refractivity contribution in [3.05, 3.63) is 52.0 Å². The highest BCUT2D eigenvalue weighted by atomic mass is 32.2. The third-order valence-electron chi connectivity index (χ3n) is 3.03. The summed E-state index contributed by atoms with van der Waals surface area (Å²) in [5.41, 5.74) is 9.49. The Morgan fingerprint density at radius 3 is 2.86 bits per heavy atom. The summed E-state index contributed by atoms with van der Waals surface area (Å²) >= 11 is 1.42. The van der Waals surface area contributed by atoms with Gasteiger partial charge in [-0.25, -0.2) is 9.37 Å². The lowest BCUT2D eigenvalue weighted by Gasteiger charge is -2.10. The van der Waals surface area contributed by atoms with E-state index in [-0.39, 0.29) is 18.3 Å². The molecule has 0 aliphatic heterocycles. The van der Waals surface area contributed by atoms with Gasteiger partial charge in [-0.05, 0) is 29.6 Å². The predicted molar refractivity (Wildman–Crippen MR) is 80.7 cm³/mol. The van der Waals surface area contributed by atoms with E-state index in [9.17, 15) is 4.39 Å². The molecule has 1 heterocycles. The van der Waals surface area contributed by atoms with Crippen molar-refractivity contribution in [2.75, 3.05) is 0 Å². The van der Waals surface area contributed by atoms with Gasteiger partial charge in [-0.1, -0.05) is 36.8 Å². The van der Waals surface area contributed by atoms with E-state index in [2.05, 4.69) is 28.9 Å². The zero-order chi connectivity index (χ0) is 15.4. The lowest BCUT2D eigenvalue weighted by Crippen LogP contribution is -2.02. The van der Waals surface area contributed by atoms with Crippen molar-refractivity contribution >= 4 is 11.8 Å². The molecule has 0 radical (unpaired) electrons. The first-order chi connectivity index (χ1) is 10.0. The van der Waals surface area contributed by atoms with Crippen LogP contribution >= 0.6 is 11.8 Å². The van der Waals surface area contributed by atoms with E-state index in [4.69, 9.17) is 5.53 Å². The molecule has 1 aromatic heterocycles. The number of azide groups is 1. The van der Waals surface area contributed by atoms with Gasteiger partial charge in [-0.15, -0.1) is 0 Å². The first-order valence-electron chi connectivity index (χ1n) is 6.52. The maximum atomic E-state index is 13.3. The number of imidazole rings is 1. The minimum atomic E-state index is -0.267. The minimum Gasteiger partial charge on any atom is -0.334 e. The van der Waals surface area contributed by atoms with E-state index >= 15 is 0 Å². The Balaban J connectivity index is 2.39. The Bertz CT molecular complexity index is 689. The van der Waals surface area contributed by atoms with Crippen LogP contribution in [0.1, 0.15) is 31.3 Å². The van der Waals surface area contributed by atoms with Crippen molar-refractivity contribution in [3.8, 4) is 0 Å². The van der Waals surface area contributed by atoms with Crippen LogP contribution in [0.3, 0.4) is 0 Å². The topological polar surface area (TPSA) is 66.6 Å². The number of nitrogens with zero attached hydrogens (tertiary/aromatic N) is 5. The van der Waals surface area contributed by atoms with Crippen molar-refractivity contribution in [1.82, 2.24) is 9.55 Å². The number of hydrogen-bond acceptors (Lipinski definition) is 3. The molecule has 0 spiro atoms. The molecule has 2 rings (SSSR count). The molecule has 0 bridgehead atoms. The highest BCUT2D eigenvalue weighted by molar-refractivity contribution is 7.99. The van der Waals surface area contributed by atoms with E-state index in [1.165, 1.54) is 23.9 Å². The van der Waals surface area contributed by atoms with Crippen molar-refractivity contribution in [3.63, 3.8) is 0 Å². The highest BCUT2D eigenvalue weighted by Gasteiger charge is 2.18. The SMILES string of the molecule is CC(C)c1c(Sc2cccc(F)c2)nc(CN=[N+]=[N-])n1C. The summed E-state index contributed by atoms with van der Waals surface area (Å²) in [6, 6.07) is 6.42. The molecule has 0 N–H and O–H groups in total. The average molecular weight is 305 g/mol. The number of benzene rings is 1. The van der Waals surface area contributed by atoms with Crippen molar-refractivity contribution < 1.29 is 4.39 Å². The number of hydrogen-bond donors (Lipinski definition) is 0. The van der Waals surface area contributed by atoms with Crippen molar-refractivity contribution in [2.24, 2.45) is 12.2 Å². The molecule has 0 unspecified atom stereocenters. The third-order valence-corrected chi connectivity index (χ3v) is 4.01. The molecular formula is C14H16FN5S. The third kappa shape index (κ3) is 3.56. The fraction of sp³-hybridized carbons (Fsp3) is 0.357. The summed E-state index contributed by atoms with van der Waals surface area (Å²) in [5, 5.41) is 4.39. The van der Waals surface area contributed by atoms with E-state index < -0.39 is 0 Å². The molecule has 0 aliphatic rings. The van der Waals surface area contributed by atoms with Gasteiger partial charge in [0, 0.05) is 16.9 Å². The monoisotopic (exact) mass is 305 g/mol. The van der Waals surface area contributed by atoms with Gasteiger partial charge in [0.1, 0.15) is 16.7 Å². The molecule has 0 fully saturated rings. The first-order valence-corrected chi connectivity index (χ1v) is 7.34. The molecule has 5 nitrogen and oxygen atoms in total. The first kappa shape index (κ1) is 15.4. The van der Waals surface area contributed by atoms with Gasteiger partial charge in [0.15, 0.2) is 0 Å². The second-order valence-electron chi connectivity index (χ2n) is 4.88. The fourth-order valence-electron chi connectivity index (χ4n) is 2.12. The molecule has 7 heteroatoms. The van der Waals surface area contributed by atoms with Gasteiger partial charge in [0.05, 0.1) is 12.2 Å². The van der Waals surface area contributed by atoms with Crippen LogP contribution < -0.4 is 0 Å². The summed E-state index contributed by atoms with van der Waals surface area (Å²) in [7, 11) is 1.90. The molecule has 0 atom stereocenters. The van der Waals surface area contributed by atoms with Gasteiger partial charge >= 0.3 is 0 Å². The second-order valence-corrected chi connectivity index (χ2v) is 5.94. The van der Waals surface area contributed by atoms with Gasteiger partial charge in [0.25, 0.3) is 0 Å². The van der Waals surface area contributed by atoms with Crippen LogP contribution in [-0.4, -0.2) is 9.55 Å². The molecule has 2 aromatic rings. The quantitative estimate of drug-likeness (QED) is 0.458. The molecule has 1 aromatic carbocycles. The maximum absolute atomic E-state index is 13.3. The number of aromatic nitrogens is 2. The standard InChI is InChI=1S/C14H16FN5S/c1-9(2)13-14(18-12(20(13)3)8-17-19-16)21-11-6-4-5-10(15)7-11/h4-7,9H,8H2,1-3H3. The molecule has 110 valence electrons. The van der Waals surface area contributed by atoms with Gasteiger partial charge in [0.2, 0.25) is 0 Å². The number of rotatable bonds is 5. The van der Waals surface area contributed by atoms with E-state index in [1.54, 1.807) is 6.07 Å². The van der Waals surface area contributed by atoms with Gasteiger partial charge in [-0.2, -0.15) is 0 Å². The van der Waals surface area contributed by atoms with E-state index in [1.807, 2.05) is 17.7 Å². The van der Waals surface area contributed by atoms with E-state index in [0.717, 1.165) is 15.6 Å². The van der Waals surface area contributed by atoms with Gasteiger partial charge in [-0.3, -0.25) is 0 Å². The summed E-state index contributed by atoms with van der Waals surface area (Å²) in [5.74, 6) is 0.699. The van der Waals surface area contributed by atoms with E-state index in [0.29, 0.717) is 5.82 Å². The molecule has 0 saturated carbocycles. The summed E-state index contributed by atoms with van der Waals surface area (Å²) in [6.07, 6.45) is 0. The van der Waals surface area contributed by atoms with Crippen LogP contribution in [0.15, 0.2) is 39.3 Å². The maximum Gasteiger partial charge on any atom is 0.124 e. The highest BCUT2D eigenvalue weighted by Crippen LogP contribution is 2.34.